The fraction of sp³-hybridized carbons (Fsp3) is 0.905. The zero-order chi connectivity index (χ0) is 14.8. The van der Waals surface area contributed by atoms with Crippen molar-refractivity contribution in [3.8, 4) is 0 Å². The third-order valence-corrected chi connectivity index (χ3v) is 9.09. The lowest BCUT2D eigenvalue weighted by Crippen LogP contribution is -2.52. The summed E-state index contributed by atoms with van der Waals surface area (Å²) in [6, 6.07) is 0. The highest BCUT2D eigenvalue weighted by Gasteiger charge is 2.58. The maximum absolute atomic E-state index is 4.31. The van der Waals surface area contributed by atoms with Gasteiger partial charge in [0.15, 0.2) is 0 Å². The molecule has 0 nitrogen and oxygen atoms in total. The van der Waals surface area contributed by atoms with E-state index in [2.05, 4.69) is 27.4 Å². The second-order valence-corrected chi connectivity index (χ2v) is 9.63. The van der Waals surface area contributed by atoms with Gasteiger partial charge >= 0.3 is 0 Å². The Hall–Kier alpha value is -0.260. The van der Waals surface area contributed by atoms with Crippen molar-refractivity contribution in [2.45, 2.75) is 78.6 Å². The molecule has 0 aromatic carbocycles. The standard InChI is InChI=1S/C21H34/c1-14-9-11-21(4)16(13-14)6-7-17-18-8-5-15(2)20(18,3)12-10-19(17)21/h15-19H,1,5-13H2,2-4H3. The van der Waals surface area contributed by atoms with Crippen molar-refractivity contribution in [3.63, 3.8) is 0 Å². The summed E-state index contributed by atoms with van der Waals surface area (Å²) in [6.45, 7) is 12.2. The summed E-state index contributed by atoms with van der Waals surface area (Å²) in [4.78, 5) is 0. The maximum Gasteiger partial charge on any atom is -0.0260 e. The molecule has 118 valence electrons. The van der Waals surface area contributed by atoms with Gasteiger partial charge in [0, 0.05) is 0 Å². The molecule has 0 aromatic rings. The molecule has 4 rings (SSSR count). The fourth-order valence-corrected chi connectivity index (χ4v) is 7.42. The first kappa shape index (κ1) is 14.3. The molecule has 0 heterocycles. The molecule has 0 amide bonds. The molecule has 0 spiro atoms. The Kier molecular flexibility index (Phi) is 3.15. The van der Waals surface area contributed by atoms with Crippen molar-refractivity contribution >= 4 is 0 Å². The quantitative estimate of drug-likeness (QED) is 0.464. The summed E-state index contributed by atoms with van der Waals surface area (Å²) in [5, 5.41) is 0. The Morgan fingerprint density at radius 3 is 2.48 bits per heavy atom. The summed E-state index contributed by atoms with van der Waals surface area (Å²) < 4.78 is 0. The van der Waals surface area contributed by atoms with Crippen LogP contribution in [-0.4, -0.2) is 0 Å². The first-order valence-electron chi connectivity index (χ1n) is 9.62. The largest absolute Gasteiger partial charge is 0.0999 e. The third-order valence-electron chi connectivity index (χ3n) is 9.09. The molecule has 0 radical (unpaired) electrons. The molecule has 4 aliphatic carbocycles. The van der Waals surface area contributed by atoms with E-state index in [9.17, 15) is 0 Å². The zero-order valence-electron chi connectivity index (χ0n) is 14.5. The lowest BCUT2D eigenvalue weighted by Gasteiger charge is -2.60. The van der Waals surface area contributed by atoms with Crippen molar-refractivity contribution in [2.75, 3.05) is 0 Å². The maximum atomic E-state index is 4.31. The van der Waals surface area contributed by atoms with Crippen LogP contribution >= 0.6 is 0 Å². The predicted molar refractivity (Wildman–Crippen MR) is 90.0 cm³/mol. The summed E-state index contributed by atoms with van der Waals surface area (Å²) >= 11 is 0. The Labute approximate surface area is 131 Å². The molecule has 0 bridgehead atoms. The van der Waals surface area contributed by atoms with E-state index in [0.717, 1.165) is 29.6 Å². The van der Waals surface area contributed by atoms with Crippen molar-refractivity contribution in [1.82, 2.24) is 0 Å². The number of hydrogen-bond donors (Lipinski definition) is 0. The van der Waals surface area contributed by atoms with E-state index in [-0.39, 0.29) is 0 Å². The van der Waals surface area contributed by atoms with Gasteiger partial charge in [0.25, 0.3) is 0 Å². The monoisotopic (exact) mass is 286 g/mol. The molecular weight excluding hydrogens is 252 g/mol. The van der Waals surface area contributed by atoms with E-state index >= 15 is 0 Å². The Balaban J connectivity index is 1.64. The highest BCUT2D eigenvalue weighted by molar-refractivity contribution is 5.13. The van der Waals surface area contributed by atoms with E-state index in [0.29, 0.717) is 10.8 Å². The van der Waals surface area contributed by atoms with Crippen molar-refractivity contribution < 1.29 is 0 Å². The van der Waals surface area contributed by atoms with Crippen LogP contribution in [0.1, 0.15) is 78.6 Å². The minimum absolute atomic E-state index is 0.650. The molecule has 0 N–H and O–H groups in total. The SMILES string of the molecule is C=C1CCC2(C)C(CCC3C4CCC(C)C4(C)CCC32)C1. The van der Waals surface area contributed by atoms with Gasteiger partial charge in [0.1, 0.15) is 0 Å². The molecule has 0 saturated heterocycles. The summed E-state index contributed by atoms with van der Waals surface area (Å²) in [5.41, 5.74) is 2.88. The van der Waals surface area contributed by atoms with Gasteiger partial charge in [-0.15, -0.1) is 0 Å². The summed E-state index contributed by atoms with van der Waals surface area (Å²) in [6.07, 6.45) is 13.2. The van der Waals surface area contributed by atoms with Gasteiger partial charge < -0.3 is 0 Å². The average molecular weight is 287 g/mol. The molecule has 0 aromatic heterocycles. The van der Waals surface area contributed by atoms with E-state index in [1.165, 1.54) is 57.8 Å². The summed E-state index contributed by atoms with van der Waals surface area (Å²) in [7, 11) is 0. The van der Waals surface area contributed by atoms with E-state index in [4.69, 9.17) is 0 Å². The molecule has 7 unspecified atom stereocenters. The lowest BCUT2D eigenvalue weighted by atomic mass is 9.44. The van der Waals surface area contributed by atoms with Crippen LogP contribution in [0.15, 0.2) is 12.2 Å². The van der Waals surface area contributed by atoms with Crippen LogP contribution in [-0.2, 0) is 0 Å². The smallest absolute Gasteiger partial charge is 0.0260 e. The molecule has 21 heavy (non-hydrogen) atoms. The van der Waals surface area contributed by atoms with Crippen LogP contribution < -0.4 is 0 Å². The minimum atomic E-state index is 0.650. The van der Waals surface area contributed by atoms with Crippen molar-refractivity contribution in [2.24, 2.45) is 40.4 Å². The van der Waals surface area contributed by atoms with Crippen molar-refractivity contribution in [1.29, 1.82) is 0 Å². The minimum Gasteiger partial charge on any atom is -0.0999 e. The molecular formula is C21H34. The number of fused-ring (bicyclic) bond motifs is 5. The lowest BCUT2D eigenvalue weighted by molar-refractivity contribution is -0.103. The first-order valence-corrected chi connectivity index (χ1v) is 9.62. The van der Waals surface area contributed by atoms with E-state index in [1.807, 2.05) is 0 Å². The second-order valence-electron chi connectivity index (χ2n) is 9.63. The third kappa shape index (κ3) is 1.86. The Bertz CT molecular complexity index is 449. The molecule has 4 aliphatic rings. The van der Waals surface area contributed by atoms with E-state index < -0.39 is 0 Å². The molecule has 4 saturated carbocycles. The van der Waals surface area contributed by atoms with Crippen LogP contribution in [0, 0.1) is 40.4 Å². The number of hydrogen-bond acceptors (Lipinski definition) is 0. The van der Waals surface area contributed by atoms with Gasteiger partial charge in [0.2, 0.25) is 0 Å². The van der Waals surface area contributed by atoms with Gasteiger partial charge in [-0.2, -0.15) is 0 Å². The molecule has 0 aliphatic heterocycles. The van der Waals surface area contributed by atoms with Crippen LogP contribution in [0.3, 0.4) is 0 Å². The van der Waals surface area contributed by atoms with E-state index in [1.54, 1.807) is 5.57 Å². The van der Waals surface area contributed by atoms with Crippen molar-refractivity contribution in [3.05, 3.63) is 12.2 Å². The van der Waals surface area contributed by atoms with Crippen LogP contribution in [0.25, 0.3) is 0 Å². The Morgan fingerprint density at radius 2 is 1.67 bits per heavy atom. The summed E-state index contributed by atoms with van der Waals surface area (Å²) in [5.74, 6) is 5.08. The Morgan fingerprint density at radius 1 is 0.905 bits per heavy atom. The first-order chi connectivity index (χ1) is 9.95. The highest BCUT2D eigenvalue weighted by atomic mass is 14.6. The van der Waals surface area contributed by atoms with Gasteiger partial charge in [-0.25, -0.2) is 0 Å². The van der Waals surface area contributed by atoms with Gasteiger partial charge in [-0.05, 0) is 98.2 Å². The molecule has 4 fully saturated rings. The van der Waals surface area contributed by atoms with Gasteiger partial charge in [-0.1, -0.05) is 32.9 Å². The normalized spacial score (nSPS) is 56.5. The number of rotatable bonds is 0. The predicted octanol–water partition coefficient (Wildman–Crippen LogP) is 6.22. The van der Waals surface area contributed by atoms with Crippen LogP contribution in [0.4, 0.5) is 0 Å². The highest BCUT2D eigenvalue weighted by Crippen LogP contribution is 2.67. The van der Waals surface area contributed by atoms with Crippen LogP contribution in [0.2, 0.25) is 0 Å². The van der Waals surface area contributed by atoms with Gasteiger partial charge in [-0.3, -0.25) is 0 Å². The number of allylic oxidation sites excluding steroid dienone is 1. The molecule has 0 heteroatoms. The zero-order valence-corrected chi connectivity index (χ0v) is 14.5. The average Bonchev–Trinajstić information content (AvgIpc) is 2.76. The topological polar surface area (TPSA) is 0 Å². The van der Waals surface area contributed by atoms with Gasteiger partial charge in [0.05, 0.1) is 0 Å². The second kappa shape index (κ2) is 4.62. The fourth-order valence-electron chi connectivity index (χ4n) is 7.42. The molecule has 7 atom stereocenters. The van der Waals surface area contributed by atoms with Crippen LogP contribution in [0.5, 0.6) is 0 Å².